The summed E-state index contributed by atoms with van der Waals surface area (Å²) in [6, 6.07) is 14.5. The fourth-order valence-electron chi connectivity index (χ4n) is 4.21. The van der Waals surface area contributed by atoms with Gasteiger partial charge in [-0.15, -0.1) is 12.3 Å². The van der Waals surface area contributed by atoms with E-state index in [9.17, 15) is 15.0 Å². The van der Waals surface area contributed by atoms with Crippen molar-refractivity contribution < 1.29 is 24.5 Å². The maximum Gasteiger partial charge on any atom is 0.340 e. The van der Waals surface area contributed by atoms with Crippen LogP contribution in [0.2, 0.25) is 0 Å². The number of esters is 1. The number of hydrogen-bond acceptors (Lipinski definition) is 6. The number of carbonyl (C=O) groups excluding carboxylic acids is 1. The van der Waals surface area contributed by atoms with Crippen molar-refractivity contribution >= 4 is 29.0 Å². The average molecular weight is 458 g/mol. The summed E-state index contributed by atoms with van der Waals surface area (Å²) in [5, 5.41) is 26.4. The predicted octanol–water partition coefficient (Wildman–Crippen LogP) is 3.98. The van der Waals surface area contributed by atoms with Crippen LogP contribution in [0, 0.1) is 12.3 Å². The molecule has 2 aliphatic heterocycles. The molecule has 0 saturated carbocycles. The quantitative estimate of drug-likeness (QED) is 0.203. The van der Waals surface area contributed by atoms with Crippen molar-refractivity contribution in [2.75, 3.05) is 11.9 Å². The maximum absolute atomic E-state index is 13.1. The van der Waals surface area contributed by atoms with Gasteiger partial charge in [0.05, 0.1) is 5.56 Å². The van der Waals surface area contributed by atoms with Crippen LogP contribution in [0.15, 0.2) is 54.6 Å². The monoisotopic (exact) mass is 458 g/mol. The summed E-state index contributed by atoms with van der Waals surface area (Å²) < 4.78 is 12.0. The van der Waals surface area contributed by atoms with Crippen LogP contribution in [0.4, 0.5) is 5.69 Å². The topological polar surface area (TPSA) is 100 Å². The lowest BCUT2D eigenvalue weighted by molar-refractivity contribution is 0.0224. The van der Waals surface area contributed by atoms with E-state index < -0.39 is 11.6 Å². The zero-order chi connectivity index (χ0) is 23.2. The third kappa shape index (κ3) is 3.30. The van der Waals surface area contributed by atoms with Crippen molar-refractivity contribution in [2.45, 2.75) is 12.0 Å². The number of phenolic OH excluding ortho intramolecular Hbond substituents is 2. The van der Waals surface area contributed by atoms with Gasteiger partial charge in [0.25, 0.3) is 0 Å². The molecule has 164 valence electrons. The Balaban J connectivity index is 1.61. The normalized spacial score (nSPS) is 14.2. The highest BCUT2D eigenvalue weighted by Crippen LogP contribution is 2.57. The van der Waals surface area contributed by atoms with Crippen LogP contribution >= 0.6 is 12.2 Å². The molecule has 3 aromatic rings. The molecular formula is C25H18N2O5S. The minimum atomic E-state index is -1.29. The van der Waals surface area contributed by atoms with Gasteiger partial charge in [-0.05, 0) is 48.6 Å². The zero-order valence-electron chi connectivity index (χ0n) is 17.2. The lowest BCUT2D eigenvalue weighted by Gasteiger charge is -2.36. The van der Waals surface area contributed by atoms with Crippen LogP contribution < -0.4 is 15.4 Å². The minimum Gasteiger partial charge on any atom is -0.508 e. The van der Waals surface area contributed by atoms with E-state index in [-0.39, 0.29) is 11.5 Å². The zero-order valence-corrected chi connectivity index (χ0v) is 18.0. The van der Waals surface area contributed by atoms with E-state index in [4.69, 9.17) is 28.1 Å². The van der Waals surface area contributed by atoms with E-state index in [1.807, 2.05) is 0 Å². The number of phenols is 2. The highest BCUT2D eigenvalue weighted by molar-refractivity contribution is 7.80. The van der Waals surface area contributed by atoms with Gasteiger partial charge in [-0.2, -0.15) is 0 Å². The van der Waals surface area contributed by atoms with E-state index >= 15 is 0 Å². The second kappa shape index (κ2) is 7.73. The van der Waals surface area contributed by atoms with Gasteiger partial charge in [0.2, 0.25) is 0 Å². The Morgan fingerprint density at radius 1 is 1.00 bits per heavy atom. The van der Waals surface area contributed by atoms with Crippen LogP contribution in [0.1, 0.15) is 33.5 Å². The molecule has 0 radical (unpaired) electrons. The van der Waals surface area contributed by atoms with E-state index in [0.717, 1.165) is 0 Å². The molecule has 1 spiro atoms. The SMILES string of the molecule is C#CCCNC(=S)Nc1ccc2c(c1)C(=O)OC21c2ccc(O)cc2Oc2cc(O)ccc21. The van der Waals surface area contributed by atoms with Crippen LogP contribution in [-0.4, -0.2) is 27.8 Å². The first-order chi connectivity index (χ1) is 15.9. The predicted molar refractivity (Wildman–Crippen MR) is 126 cm³/mol. The van der Waals surface area contributed by atoms with E-state index in [1.54, 1.807) is 30.3 Å². The molecule has 4 N–H and O–H groups in total. The van der Waals surface area contributed by atoms with Crippen molar-refractivity contribution in [1.29, 1.82) is 0 Å². The lowest BCUT2D eigenvalue weighted by Crippen LogP contribution is -2.33. The van der Waals surface area contributed by atoms with Crippen molar-refractivity contribution in [3.63, 3.8) is 0 Å². The Morgan fingerprint density at radius 2 is 1.64 bits per heavy atom. The number of hydrogen-bond donors (Lipinski definition) is 4. The minimum absolute atomic E-state index is 0.00226. The van der Waals surface area contributed by atoms with Crippen LogP contribution in [0.25, 0.3) is 0 Å². The molecule has 0 aliphatic carbocycles. The molecule has 0 aromatic heterocycles. The number of ether oxygens (including phenoxy) is 2. The second-order valence-corrected chi connectivity index (χ2v) is 8.04. The van der Waals surface area contributed by atoms with Crippen molar-refractivity contribution in [3.8, 4) is 35.3 Å². The van der Waals surface area contributed by atoms with Crippen molar-refractivity contribution in [1.82, 2.24) is 5.32 Å². The first kappa shape index (κ1) is 20.7. The third-order valence-electron chi connectivity index (χ3n) is 5.59. The first-order valence-electron chi connectivity index (χ1n) is 10.1. The van der Waals surface area contributed by atoms with Gasteiger partial charge in [0.1, 0.15) is 23.0 Å². The Bertz CT molecular complexity index is 1310. The summed E-state index contributed by atoms with van der Waals surface area (Å²) in [7, 11) is 0. The fraction of sp³-hybridized carbons (Fsp3) is 0.120. The molecule has 0 amide bonds. The smallest absolute Gasteiger partial charge is 0.340 e. The van der Waals surface area contributed by atoms with Gasteiger partial charge >= 0.3 is 5.97 Å². The van der Waals surface area contributed by atoms with Crippen LogP contribution in [-0.2, 0) is 10.3 Å². The Kier molecular flexibility index (Phi) is 4.84. The van der Waals surface area contributed by atoms with E-state index in [2.05, 4.69) is 16.6 Å². The molecule has 2 aliphatic rings. The molecule has 5 rings (SSSR count). The van der Waals surface area contributed by atoms with Crippen LogP contribution in [0.3, 0.4) is 0 Å². The summed E-state index contributed by atoms with van der Waals surface area (Å²) >= 11 is 5.28. The average Bonchev–Trinajstić information content (AvgIpc) is 3.06. The number of nitrogens with one attached hydrogen (secondary N) is 2. The molecule has 2 heterocycles. The molecular weight excluding hydrogens is 440 g/mol. The molecule has 33 heavy (non-hydrogen) atoms. The Labute approximate surface area is 195 Å². The van der Waals surface area contributed by atoms with Crippen LogP contribution in [0.5, 0.6) is 23.0 Å². The van der Waals surface area contributed by atoms with Gasteiger partial charge in [0, 0.05) is 47.5 Å². The van der Waals surface area contributed by atoms with E-state index in [1.165, 1.54) is 24.3 Å². The summed E-state index contributed by atoms with van der Waals surface area (Å²) in [5.41, 5.74) is 1.44. The van der Waals surface area contributed by atoms with Crippen molar-refractivity contribution in [2.24, 2.45) is 0 Å². The number of thiocarbonyl (C=S) groups is 1. The van der Waals surface area contributed by atoms with Gasteiger partial charge in [-0.1, -0.05) is 6.07 Å². The third-order valence-corrected chi connectivity index (χ3v) is 5.83. The van der Waals surface area contributed by atoms with Gasteiger partial charge in [-0.25, -0.2) is 4.79 Å². The molecule has 0 saturated heterocycles. The van der Waals surface area contributed by atoms with Gasteiger partial charge in [-0.3, -0.25) is 0 Å². The summed E-state index contributed by atoms with van der Waals surface area (Å²) in [4.78, 5) is 13.1. The van der Waals surface area contributed by atoms with Crippen molar-refractivity contribution in [3.05, 3.63) is 76.9 Å². The van der Waals surface area contributed by atoms with Gasteiger partial charge in [0.15, 0.2) is 10.7 Å². The lowest BCUT2D eigenvalue weighted by atomic mass is 9.77. The highest BCUT2D eigenvalue weighted by atomic mass is 32.1. The first-order valence-corrected chi connectivity index (χ1v) is 10.5. The van der Waals surface area contributed by atoms with E-state index in [0.29, 0.717) is 57.5 Å². The molecule has 0 atom stereocenters. The summed E-state index contributed by atoms with van der Waals surface area (Å²) in [6.07, 6.45) is 5.79. The standard InChI is InChI=1S/C25H18N2O5S/c1-2-3-10-26-24(33)27-14-4-7-18-17(11-14)23(30)32-25(18)19-8-5-15(28)12-21(19)31-22-13-16(29)6-9-20(22)25/h1,4-9,11-13,28-29H,3,10H2,(H2,26,27,33). The number of fused-ring (bicyclic) bond motifs is 6. The maximum atomic E-state index is 13.1. The molecule has 0 bridgehead atoms. The number of anilines is 1. The number of terminal acetylenes is 1. The molecule has 3 aromatic carbocycles. The fourth-order valence-corrected chi connectivity index (χ4v) is 4.43. The molecule has 8 heteroatoms. The van der Waals surface area contributed by atoms with Gasteiger partial charge < -0.3 is 30.3 Å². The molecule has 0 unspecified atom stereocenters. The number of carbonyl (C=O) groups is 1. The Hall–Kier alpha value is -4.22. The summed E-state index contributed by atoms with van der Waals surface area (Å²) in [5.74, 6) is 2.68. The number of benzene rings is 3. The second-order valence-electron chi connectivity index (χ2n) is 7.63. The number of aromatic hydroxyl groups is 2. The number of rotatable bonds is 3. The molecule has 0 fully saturated rings. The summed E-state index contributed by atoms with van der Waals surface area (Å²) in [6.45, 7) is 0.533. The Morgan fingerprint density at radius 3 is 2.27 bits per heavy atom. The largest absolute Gasteiger partial charge is 0.508 e. The highest BCUT2D eigenvalue weighted by Gasteiger charge is 2.53. The molecule has 7 nitrogen and oxygen atoms in total.